The highest BCUT2D eigenvalue weighted by Crippen LogP contribution is 2.12. The Labute approximate surface area is 74.8 Å². The zero-order chi connectivity index (χ0) is 7.78. The van der Waals surface area contributed by atoms with Crippen LogP contribution in [0, 0.1) is 3.70 Å². The Kier molecular flexibility index (Phi) is 2.03. The highest BCUT2D eigenvalue weighted by molar-refractivity contribution is 14.1. The molecule has 56 valence electrons. The molecule has 0 radical (unpaired) electrons. The lowest BCUT2D eigenvalue weighted by molar-refractivity contribution is 0.354. The van der Waals surface area contributed by atoms with Crippen molar-refractivity contribution in [2.75, 3.05) is 0 Å². The van der Waals surface area contributed by atoms with E-state index in [-0.39, 0.29) is 5.54 Å². The first-order valence-electron chi connectivity index (χ1n) is 3.22. The van der Waals surface area contributed by atoms with Crippen LogP contribution < -0.4 is 0 Å². The summed E-state index contributed by atoms with van der Waals surface area (Å²) in [5.74, 6) is 0. The fraction of sp³-hybridized carbons (Fsp3) is 0.571. The number of halogens is 1. The molecule has 2 nitrogen and oxygen atoms in total. The number of aromatic nitrogens is 2. The van der Waals surface area contributed by atoms with Crippen molar-refractivity contribution in [3.63, 3.8) is 0 Å². The van der Waals surface area contributed by atoms with E-state index in [4.69, 9.17) is 0 Å². The predicted molar refractivity (Wildman–Crippen MR) is 49.9 cm³/mol. The lowest BCUT2D eigenvalue weighted by Crippen LogP contribution is -2.22. The lowest BCUT2D eigenvalue weighted by Gasteiger charge is -2.18. The predicted octanol–water partition coefficient (Wildman–Crippen LogP) is 2.24. The monoisotopic (exact) mass is 250 g/mol. The molecule has 3 heteroatoms. The van der Waals surface area contributed by atoms with Crippen LogP contribution in [0.5, 0.6) is 0 Å². The minimum absolute atomic E-state index is 0.115. The lowest BCUT2D eigenvalue weighted by atomic mass is 10.1. The average molecular weight is 250 g/mol. The van der Waals surface area contributed by atoms with Crippen molar-refractivity contribution in [2.45, 2.75) is 26.3 Å². The van der Waals surface area contributed by atoms with Crippen molar-refractivity contribution in [1.29, 1.82) is 0 Å². The van der Waals surface area contributed by atoms with Gasteiger partial charge >= 0.3 is 0 Å². The molecule has 0 aliphatic heterocycles. The van der Waals surface area contributed by atoms with E-state index in [1.807, 2.05) is 16.9 Å². The highest BCUT2D eigenvalue weighted by atomic mass is 127. The molecule has 0 bridgehead atoms. The Morgan fingerprint density at radius 2 is 2.10 bits per heavy atom. The molecule has 0 atom stereocenters. The van der Waals surface area contributed by atoms with Gasteiger partial charge in [-0.1, -0.05) is 0 Å². The molecule has 1 rings (SSSR count). The maximum atomic E-state index is 4.29. The van der Waals surface area contributed by atoms with Crippen LogP contribution in [0.1, 0.15) is 20.8 Å². The Balaban J connectivity index is 2.96. The molecule has 1 aromatic heterocycles. The summed E-state index contributed by atoms with van der Waals surface area (Å²) >= 11 is 2.21. The molecule has 1 aromatic rings. The summed E-state index contributed by atoms with van der Waals surface area (Å²) in [4.78, 5) is 0. The van der Waals surface area contributed by atoms with Gasteiger partial charge in [0.15, 0.2) is 0 Å². The van der Waals surface area contributed by atoms with E-state index in [0.717, 1.165) is 3.70 Å². The van der Waals surface area contributed by atoms with E-state index in [9.17, 15) is 0 Å². The van der Waals surface area contributed by atoms with Crippen molar-refractivity contribution in [3.8, 4) is 0 Å². The van der Waals surface area contributed by atoms with Gasteiger partial charge in [0.2, 0.25) is 0 Å². The van der Waals surface area contributed by atoms with Gasteiger partial charge in [0, 0.05) is 6.20 Å². The van der Waals surface area contributed by atoms with Gasteiger partial charge in [-0.15, -0.1) is 0 Å². The molecule has 0 spiro atoms. The summed E-state index contributed by atoms with van der Waals surface area (Å²) < 4.78 is 3.02. The Morgan fingerprint density at radius 3 is 2.30 bits per heavy atom. The van der Waals surface area contributed by atoms with Crippen LogP contribution in [0.3, 0.4) is 0 Å². The van der Waals surface area contributed by atoms with Crippen molar-refractivity contribution in [3.05, 3.63) is 16.0 Å². The maximum Gasteiger partial charge on any atom is 0.123 e. The second-order valence-corrected chi connectivity index (χ2v) is 4.36. The minimum Gasteiger partial charge on any atom is -0.266 e. The highest BCUT2D eigenvalue weighted by Gasteiger charge is 2.12. The summed E-state index contributed by atoms with van der Waals surface area (Å²) in [6.07, 6.45) is 2.00. The van der Waals surface area contributed by atoms with Gasteiger partial charge in [-0.2, -0.15) is 5.10 Å². The third kappa shape index (κ3) is 1.71. The first-order chi connectivity index (χ1) is 4.50. The summed E-state index contributed by atoms with van der Waals surface area (Å²) in [6.45, 7) is 6.40. The quantitative estimate of drug-likeness (QED) is 0.645. The first-order valence-corrected chi connectivity index (χ1v) is 4.30. The zero-order valence-electron chi connectivity index (χ0n) is 6.43. The van der Waals surface area contributed by atoms with Gasteiger partial charge in [0.25, 0.3) is 0 Å². The largest absolute Gasteiger partial charge is 0.266 e. The van der Waals surface area contributed by atoms with Crippen molar-refractivity contribution in [2.24, 2.45) is 0 Å². The SMILES string of the molecule is CC(C)(C)n1ccc(I)n1. The van der Waals surface area contributed by atoms with Crippen molar-refractivity contribution < 1.29 is 0 Å². The molecule has 0 unspecified atom stereocenters. The van der Waals surface area contributed by atoms with Crippen LogP contribution in [0.2, 0.25) is 0 Å². The van der Waals surface area contributed by atoms with E-state index in [0.29, 0.717) is 0 Å². The molecule has 0 N–H and O–H groups in total. The van der Waals surface area contributed by atoms with Crippen molar-refractivity contribution in [1.82, 2.24) is 9.78 Å². The van der Waals surface area contributed by atoms with Gasteiger partial charge in [-0.05, 0) is 49.4 Å². The molecule has 1 heterocycles. The van der Waals surface area contributed by atoms with Crippen LogP contribution in [0.25, 0.3) is 0 Å². The van der Waals surface area contributed by atoms with E-state index in [1.165, 1.54) is 0 Å². The molecule has 0 aromatic carbocycles. The Morgan fingerprint density at radius 1 is 1.50 bits per heavy atom. The second kappa shape index (κ2) is 2.53. The normalized spacial score (nSPS) is 12.0. The van der Waals surface area contributed by atoms with E-state index in [1.54, 1.807) is 0 Å². The maximum absolute atomic E-state index is 4.29. The zero-order valence-corrected chi connectivity index (χ0v) is 8.58. The molecular weight excluding hydrogens is 239 g/mol. The second-order valence-electron chi connectivity index (χ2n) is 3.25. The fourth-order valence-electron chi connectivity index (χ4n) is 0.675. The van der Waals surface area contributed by atoms with E-state index < -0.39 is 0 Å². The molecule has 0 saturated heterocycles. The molecule has 0 saturated carbocycles. The summed E-state index contributed by atoms with van der Waals surface area (Å²) in [7, 11) is 0. The topological polar surface area (TPSA) is 17.8 Å². The number of rotatable bonds is 0. The Bertz CT molecular complexity index is 222. The first kappa shape index (κ1) is 8.04. The van der Waals surface area contributed by atoms with E-state index >= 15 is 0 Å². The summed E-state index contributed by atoms with van der Waals surface area (Å²) in [5.41, 5.74) is 0.115. The van der Waals surface area contributed by atoms with Crippen molar-refractivity contribution >= 4 is 22.6 Å². The third-order valence-electron chi connectivity index (χ3n) is 1.24. The van der Waals surface area contributed by atoms with Gasteiger partial charge in [0.05, 0.1) is 5.54 Å². The minimum atomic E-state index is 0.115. The number of hydrogen-bond donors (Lipinski definition) is 0. The van der Waals surface area contributed by atoms with Gasteiger partial charge in [-0.3, -0.25) is 4.68 Å². The molecular formula is C7H11IN2. The molecule has 0 amide bonds. The Hall–Kier alpha value is -0.0600. The summed E-state index contributed by atoms with van der Waals surface area (Å²) in [6, 6.07) is 2.01. The standard InChI is InChI=1S/C7H11IN2/c1-7(2,3)10-5-4-6(8)9-10/h4-5H,1-3H3. The van der Waals surface area contributed by atoms with Gasteiger partial charge < -0.3 is 0 Å². The van der Waals surface area contributed by atoms with Crippen LogP contribution in [-0.2, 0) is 5.54 Å². The number of nitrogens with zero attached hydrogens (tertiary/aromatic N) is 2. The molecule has 0 aliphatic carbocycles. The smallest absolute Gasteiger partial charge is 0.123 e. The van der Waals surface area contributed by atoms with Gasteiger partial charge in [0.1, 0.15) is 3.70 Å². The van der Waals surface area contributed by atoms with Crippen LogP contribution >= 0.6 is 22.6 Å². The fourth-order valence-corrected chi connectivity index (χ4v) is 1.07. The molecule has 10 heavy (non-hydrogen) atoms. The molecule has 0 aliphatic rings. The van der Waals surface area contributed by atoms with E-state index in [2.05, 4.69) is 48.5 Å². The van der Waals surface area contributed by atoms with Gasteiger partial charge in [-0.25, -0.2) is 0 Å². The molecule has 0 fully saturated rings. The summed E-state index contributed by atoms with van der Waals surface area (Å²) in [5, 5.41) is 4.29. The number of hydrogen-bond acceptors (Lipinski definition) is 1. The van der Waals surface area contributed by atoms with Crippen LogP contribution in [-0.4, -0.2) is 9.78 Å². The van der Waals surface area contributed by atoms with Crippen LogP contribution in [0.4, 0.5) is 0 Å². The van der Waals surface area contributed by atoms with Crippen LogP contribution in [0.15, 0.2) is 12.3 Å². The average Bonchev–Trinajstić information content (AvgIpc) is 2.11. The third-order valence-corrected chi connectivity index (χ3v) is 1.82.